The largest absolute Gasteiger partial charge is 0.497 e. The minimum Gasteiger partial charge on any atom is -0.497 e. The third kappa shape index (κ3) is 1.95. The summed E-state index contributed by atoms with van der Waals surface area (Å²) in [5, 5.41) is 2.88. The predicted octanol–water partition coefficient (Wildman–Crippen LogP) is 2.97. The summed E-state index contributed by atoms with van der Waals surface area (Å²) < 4.78 is 5.23. The van der Waals surface area contributed by atoms with Gasteiger partial charge in [-0.25, -0.2) is 0 Å². The first-order valence-corrected chi connectivity index (χ1v) is 6.31. The van der Waals surface area contributed by atoms with Crippen molar-refractivity contribution in [2.24, 2.45) is 0 Å². The fraction of sp³-hybridized carbons (Fsp3) is 0.125. The lowest BCUT2D eigenvalue weighted by molar-refractivity contribution is -0.110. The predicted molar refractivity (Wildman–Crippen MR) is 78.3 cm³/mol. The number of pyridine rings is 1. The van der Waals surface area contributed by atoms with Crippen molar-refractivity contribution in [2.45, 2.75) is 6.92 Å². The second-order valence-corrected chi connectivity index (χ2v) is 4.61. The molecule has 4 nitrogen and oxygen atoms in total. The van der Waals surface area contributed by atoms with Crippen LogP contribution < -0.4 is 10.1 Å². The van der Waals surface area contributed by atoms with Gasteiger partial charge < -0.3 is 10.1 Å². The molecule has 1 N–H and O–H groups in total. The van der Waals surface area contributed by atoms with Crippen LogP contribution in [0.2, 0.25) is 0 Å². The van der Waals surface area contributed by atoms with E-state index in [4.69, 9.17) is 4.74 Å². The van der Waals surface area contributed by atoms with Crippen LogP contribution in [0, 0.1) is 0 Å². The van der Waals surface area contributed by atoms with Crippen molar-refractivity contribution >= 4 is 22.7 Å². The van der Waals surface area contributed by atoms with E-state index in [0.29, 0.717) is 5.57 Å². The summed E-state index contributed by atoms with van der Waals surface area (Å²) in [5.74, 6) is 0.645. The second-order valence-electron chi connectivity index (χ2n) is 4.61. The SMILES string of the molecule is COc1ccc2c(c1)/C(=C(/C)c1cccnc1)C(=O)N2. The number of amides is 1. The standard InChI is InChI=1S/C16H14N2O2/c1-10(11-4-3-7-17-9-11)15-13-8-12(20-2)5-6-14(13)18-16(15)19/h3-9H,1-2H3,(H,18,19)/b15-10+. The highest BCUT2D eigenvalue weighted by atomic mass is 16.5. The number of rotatable bonds is 2. The van der Waals surface area contributed by atoms with E-state index in [1.165, 1.54) is 0 Å². The van der Waals surface area contributed by atoms with Gasteiger partial charge in [-0.15, -0.1) is 0 Å². The van der Waals surface area contributed by atoms with Crippen molar-refractivity contribution in [3.8, 4) is 5.75 Å². The van der Waals surface area contributed by atoms with Gasteiger partial charge in [0, 0.05) is 23.6 Å². The van der Waals surface area contributed by atoms with Crippen molar-refractivity contribution in [1.29, 1.82) is 0 Å². The highest BCUT2D eigenvalue weighted by Crippen LogP contribution is 2.38. The number of methoxy groups -OCH3 is 1. The number of hydrogen-bond acceptors (Lipinski definition) is 3. The molecule has 1 amide bonds. The van der Waals surface area contributed by atoms with E-state index in [-0.39, 0.29) is 5.91 Å². The van der Waals surface area contributed by atoms with Crippen LogP contribution >= 0.6 is 0 Å². The van der Waals surface area contributed by atoms with Crippen LogP contribution in [0.4, 0.5) is 5.69 Å². The van der Waals surface area contributed by atoms with E-state index in [2.05, 4.69) is 10.3 Å². The van der Waals surface area contributed by atoms with Crippen LogP contribution in [0.3, 0.4) is 0 Å². The zero-order chi connectivity index (χ0) is 14.1. The lowest BCUT2D eigenvalue weighted by Crippen LogP contribution is -2.05. The molecular weight excluding hydrogens is 252 g/mol. The summed E-state index contributed by atoms with van der Waals surface area (Å²) in [5.41, 5.74) is 4.20. The Bertz CT molecular complexity index is 706. The van der Waals surface area contributed by atoms with E-state index in [1.54, 1.807) is 19.5 Å². The molecule has 1 aliphatic rings. The molecule has 0 bridgehead atoms. The van der Waals surface area contributed by atoms with Crippen molar-refractivity contribution in [3.05, 3.63) is 53.9 Å². The molecule has 0 saturated heterocycles. The van der Waals surface area contributed by atoms with Crippen LogP contribution in [-0.2, 0) is 4.79 Å². The molecule has 0 unspecified atom stereocenters. The molecule has 2 aromatic rings. The number of fused-ring (bicyclic) bond motifs is 1. The molecular formula is C16H14N2O2. The molecule has 3 rings (SSSR count). The number of anilines is 1. The number of carbonyl (C=O) groups is 1. The van der Waals surface area contributed by atoms with Crippen LogP contribution in [0.25, 0.3) is 11.1 Å². The Morgan fingerprint density at radius 2 is 2.15 bits per heavy atom. The molecule has 2 heterocycles. The van der Waals surface area contributed by atoms with Crippen LogP contribution in [0.5, 0.6) is 5.75 Å². The van der Waals surface area contributed by atoms with Crippen LogP contribution in [-0.4, -0.2) is 18.0 Å². The first-order chi connectivity index (χ1) is 9.70. The third-order valence-corrected chi connectivity index (χ3v) is 3.44. The lowest BCUT2D eigenvalue weighted by atomic mass is 9.97. The van der Waals surface area contributed by atoms with Gasteiger partial charge in [-0.2, -0.15) is 0 Å². The molecule has 1 aromatic heterocycles. The van der Waals surface area contributed by atoms with Crippen molar-refractivity contribution in [1.82, 2.24) is 4.98 Å². The lowest BCUT2D eigenvalue weighted by Gasteiger charge is -2.07. The van der Waals surface area contributed by atoms with Crippen molar-refractivity contribution in [3.63, 3.8) is 0 Å². The average Bonchev–Trinajstić information content (AvgIpc) is 2.82. The summed E-state index contributed by atoms with van der Waals surface area (Å²) >= 11 is 0. The zero-order valence-electron chi connectivity index (χ0n) is 11.3. The van der Waals surface area contributed by atoms with Gasteiger partial charge in [-0.1, -0.05) is 6.07 Å². The third-order valence-electron chi connectivity index (χ3n) is 3.44. The fourth-order valence-corrected chi connectivity index (χ4v) is 2.37. The highest BCUT2D eigenvalue weighted by Gasteiger charge is 2.26. The van der Waals surface area contributed by atoms with E-state index in [1.807, 2.05) is 37.3 Å². The molecule has 100 valence electrons. The molecule has 0 aliphatic carbocycles. The van der Waals surface area contributed by atoms with Gasteiger partial charge in [0.2, 0.25) is 0 Å². The van der Waals surface area contributed by atoms with Gasteiger partial charge in [0.25, 0.3) is 5.91 Å². The average molecular weight is 266 g/mol. The summed E-state index contributed by atoms with van der Waals surface area (Å²) in [6, 6.07) is 9.37. The first-order valence-electron chi connectivity index (χ1n) is 6.31. The minimum absolute atomic E-state index is 0.0883. The van der Waals surface area contributed by atoms with Crippen molar-refractivity contribution < 1.29 is 9.53 Å². The molecule has 20 heavy (non-hydrogen) atoms. The molecule has 1 aromatic carbocycles. The monoisotopic (exact) mass is 266 g/mol. The summed E-state index contributed by atoms with van der Waals surface area (Å²) in [7, 11) is 1.61. The normalized spacial score (nSPS) is 15.6. The molecule has 0 fully saturated rings. The maximum absolute atomic E-state index is 12.2. The van der Waals surface area contributed by atoms with Crippen LogP contribution in [0.15, 0.2) is 42.7 Å². The molecule has 1 aliphatic heterocycles. The first kappa shape index (κ1) is 12.4. The van der Waals surface area contributed by atoms with E-state index < -0.39 is 0 Å². The zero-order valence-corrected chi connectivity index (χ0v) is 11.3. The Labute approximate surface area is 117 Å². The number of ether oxygens (including phenoxy) is 1. The summed E-state index contributed by atoms with van der Waals surface area (Å²) in [4.78, 5) is 16.3. The Morgan fingerprint density at radius 1 is 1.30 bits per heavy atom. The van der Waals surface area contributed by atoms with Gasteiger partial charge in [0.05, 0.1) is 12.7 Å². The number of hydrogen-bond donors (Lipinski definition) is 1. The number of nitrogens with zero attached hydrogens (tertiary/aromatic N) is 1. The highest BCUT2D eigenvalue weighted by molar-refractivity contribution is 6.36. The molecule has 0 spiro atoms. The molecule has 0 atom stereocenters. The van der Waals surface area contributed by atoms with Gasteiger partial charge >= 0.3 is 0 Å². The number of benzene rings is 1. The fourth-order valence-electron chi connectivity index (χ4n) is 2.37. The Hall–Kier alpha value is -2.62. The number of aromatic nitrogens is 1. The maximum atomic E-state index is 12.2. The number of nitrogens with one attached hydrogen (secondary N) is 1. The quantitative estimate of drug-likeness (QED) is 0.850. The van der Waals surface area contributed by atoms with Crippen molar-refractivity contribution in [2.75, 3.05) is 12.4 Å². The summed E-state index contributed by atoms with van der Waals surface area (Å²) in [6.45, 7) is 1.93. The molecule has 4 heteroatoms. The Kier molecular flexibility index (Phi) is 2.99. The summed E-state index contributed by atoms with van der Waals surface area (Å²) in [6.07, 6.45) is 3.47. The van der Waals surface area contributed by atoms with Crippen LogP contribution in [0.1, 0.15) is 18.1 Å². The molecule has 0 radical (unpaired) electrons. The van der Waals surface area contributed by atoms with E-state index >= 15 is 0 Å². The number of carbonyl (C=O) groups excluding carboxylic acids is 1. The smallest absolute Gasteiger partial charge is 0.256 e. The van der Waals surface area contributed by atoms with Gasteiger partial charge in [0.15, 0.2) is 0 Å². The number of allylic oxidation sites excluding steroid dienone is 1. The Balaban J connectivity index is 2.18. The minimum atomic E-state index is -0.0883. The van der Waals surface area contributed by atoms with Gasteiger partial charge in [0.1, 0.15) is 5.75 Å². The topological polar surface area (TPSA) is 51.2 Å². The van der Waals surface area contributed by atoms with E-state index in [9.17, 15) is 4.79 Å². The van der Waals surface area contributed by atoms with Gasteiger partial charge in [-0.05, 0) is 42.3 Å². The molecule has 0 saturated carbocycles. The van der Waals surface area contributed by atoms with Gasteiger partial charge in [-0.3, -0.25) is 9.78 Å². The Morgan fingerprint density at radius 3 is 2.85 bits per heavy atom. The second kappa shape index (κ2) is 4.81. The maximum Gasteiger partial charge on any atom is 0.256 e. The van der Waals surface area contributed by atoms with E-state index in [0.717, 1.165) is 28.1 Å².